The molecule has 0 aliphatic carbocycles. The van der Waals surface area contributed by atoms with Crippen molar-refractivity contribution in [3.63, 3.8) is 0 Å². The summed E-state index contributed by atoms with van der Waals surface area (Å²) in [6.07, 6.45) is 3.76. The molecule has 35 heavy (non-hydrogen) atoms. The van der Waals surface area contributed by atoms with Crippen molar-refractivity contribution >= 4 is 43.1 Å². The molecule has 0 spiro atoms. The number of fused-ring (bicyclic) bond motifs is 4. The van der Waals surface area contributed by atoms with Gasteiger partial charge in [0.2, 0.25) is 0 Å². The highest BCUT2D eigenvalue weighted by Gasteiger charge is 2.24. The fourth-order valence-corrected chi connectivity index (χ4v) is 5.17. The molecular formula is C28H25NO6. The normalized spacial score (nSPS) is 12.9. The third-order valence-corrected chi connectivity index (χ3v) is 7.20. The predicted molar refractivity (Wildman–Crippen MR) is 139 cm³/mol. The van der Waals surface area contributed by atoms with E-state index in [0.717, 1.165) is 25.7 Å². The van der Waals surface area contributed by atoms with Gasteiger partial charge >= 0.3 is 0 Å². The van der Waals surface area contributed by atoms with Crippen LogP contribution in [0.4, 0.5) is 0 Å². The smallest absolute Gasteiger partial charge is 0.261 e. The first-order valence-electron chi connectivity index (χ1n) is 11.9. The van der Waals surface area contributed by atoms with E-state index in [9.17, 15) is 29.4 Å². The van der Waals surface area contributed by atoms with Gasteiger partial charge in [0, 0.05) is 28.1 Å². The highest BCUT2D eigenvalue weighted by Crippen LogP contribution is 2.40. The summed E-state index contributed by atoms with van der Waals surface area (Å²) in [5.41, 5.74) is -2.11. The lowest BCUT2D eigenvalue weighted by molar-refractivity contribution is 0.384. The summed E-state index contributed by atoms with van der Waals surface area (Å²) in [5.74, 6) is -0.803. The van der Waals surface area contributed by atoms with Crippen LogP contribution in [0.2, 0.25) is 0 Å². The van der Waals surface area contributed by atoms with Gasteiger partial charge < -0.3 is 10.2 Å². The number of rotatable bonds is 6. The second-order valence-electron chi connectivity index (χ2n) is 9.23. The molecule has 0 bridgehead atoms. The number of benzene rings is 4. The van der Waals surface area contributed by atoms with Gasteiger partial charge in [0.25, 0.3) is 11.1 Å². The second kappa shape index (κ2) is 8.34. The molecule has 1 heterocycles. The van der Waals surface area contributed by atoms with Crippen molar-refractivity contribution in [2.75, 3.05) is 0 Å². The van der Waals surface area contributed by atoms with E-state index in [4.69, 9.17) is 0 Å². The van der Waals surface area contributed by atoms with Crippen LogP contribution in [0.1, 0.15) is 39.5 Å². The first-order chi connectivity index (χ1) is 16.8. The van der Waals surface area contributed by atoms with Crippen molar-refractivity contribution in [2.45, 2.75) is 46.1 Å². The Labute approximate surface area is 199 Å². The molecule has 5 rings (SSSR count). The van der Waals surface area contributed by atoms with Gasteiger partial charge in [0.05, 0.1) is 21.5 Å². The van der Waals surface area contributed by atoms with Crippen LogP contribution in [-0.4, -0.2) is 14.8 Å². The molecule has 5 aromatic rings. The molecule has 7 heteroatoms. The fourth-order valence-electron chi connectivity index (χ4n) is 5.17. The van der Waals surface area contributed by atoms with Crippen LogP contribution in [-0.2, 0) is 6.54 Å². The Kier molecular flexibility index (Phi) is 5.43. The molecule has 0 fully saturated rings. The summed E-state index contributed by atoms with van der Waals surface area (Å²) in [5, 5.41) is 22.1. The third kappa shape index (κ3) is 3.26. The zero-order chi connectivity index (χ0) is 25.0. The van der Waals surface area contributed by atoms with Crippen LogP contribution in [0.25, 0.3) is 43.1 Å². The molecule has 7 nitrogen and oxygen atoms in total. The van der Waals surface area contributed by atoms with Crippen molar-refractivity contribution in [3.05, 3.63) is 77.6 Å². The van der Waals surface area contributed by atoms with Crippen LogP contribution >= 0.6 is 0 Å². The SMILES string of the molecule is CCCCC(CC)Cn1c(=O)c2cc3c(O)c4c(=O)c5ccccc5c(=O)c4c(O)c3cc2c1=O. The van der Waals surface area contributed by atoms with Gasteiger partial charge in [-0.1, -0.05) is 57.4 Å². The minimum Gasteiger partial charge on any atom is -0.506 e. The van der Waals surface area contributed by atoms with Crippen molar-refractivity contribution in [1.29, 1.82) is 0 Å². The standard InChI is InChI=1S/C28H25NO6/c1-3-5-8-14(4-2)13-29-27(34)19-11-17-18(12-20(19)28(29)35)26(33)22-21(25(17)32)23(30)15-9-6-7-10-16(15)24(22)31/h6-7,9-12,14,32-33H,3-5,8,13H2,1-2H3. The molecule has 0 aliphatic rings. The summed E-state index contributed by atoms with van der Waals surface area (Å²) >= 11 is 0. The Hall–Kier alpha value is -4.00. The molecule has 0 amide bonds. The molecule has 1 atom stereocenters. The number of unbranched alkanes of at least 4 members (excludes halogenated alkanes) is 1. The summed E-state index contributed by atoms with van der Waals surface area (Å²) in [4.78, 5) is 52.7. The van der Waals surface area contributed by atoms with Gasteiger partial charge in [-0.25, -0.2) is 0 Å². The van der Waals surface area contributed by atoms with Crippen molar-refractivity contribution < 1.29 is 10.2 Å². The quantitative estimate of drug-likeness (QED) is 0.285. The molecule has 0 saturated carbocycles. The number of hydrogen-bond acceptors (Lipinski definition) is 6. The molecule has 0 saturated heterocycles. The number of nitrogens with zero attached hydrogens (tertiary/aromatic N) is 1. The average molecular weight is 472 g/mol. The first kappa shape index (κ1) is 22.8. The summed E-state index contributed by atoms with van der Waals surface area (Å²) in [6.45, 7) is 4.41. The van der Waals surface area contributed by atoms with E-state index in [0.29, 0.717) is 6.54 Å². The minimum atomic E-state index is -0.587. The minimum absolute atomic E-state index is 0.0431. The summed E-state index contributed by atoms with van der Waals surface area (Å²) in [7, 11) is 0. The Morgan fingerprint density at radius 3 is 1.66 bits per heavy atom. The highest BCUT2D eigenvalue weighted by atomic mass is 16.3. The van der Waals surface area contributed by atoms with Crippen LogP contribution in [0.15, 0.2) is 55.6 Å². The zero-order valence-corrected chi connectivity index (χ0v) is 19.6. The van der Waals surface area contributed by atoms with E-state index >= 15 is 0 Å². The zero-order valence-electron chi connectivity index (χ0n) is 19.6. The molecule has 178 valence electrons. The fraction of sp³-hybridized carbons (Fsp3) is 0.286. The number of hydrogen-bond donors (Lipinski definition) is 2. The van der Waals surface area contributed by atoms with Gasteiger partial charge in [0.1, 0.15) is 11.5 Å². The second-order valence-corrected chi connectivity index (χ2v) is 9.23. The van der Waals surface area contributed by atoms with Crippen LogP contribution in [0.5, 0.6) is 11.5 Å². The largest absolute Gasteiger partial charge is 0.506 e. The van der Waals surface area contributed by atoms with Gasteiger partial charge in [-0.2, -0.15) is 0 Å². The van der Waals surface area contributed by atoms with Crippen LogP contribution in [0, 0.1) is 5.92 Å². The van der Waals surface area contributed by atoms with E-state index in [1.165, 1.54) is 28.8 Å². The number of aromatic nitrogens is 1. The van der Waals surface area contributed by atoms with Crippen molar-refractivity contribution in [3.8, 4) is 11.5 Å². The van der Waals surface area contributed by atoms with E-state index in [1.54, 1.807) is 12.1 Å². The lowest BCUT2D eigenvalue weighted by Crippen LogP contribution is -2.28. The molecule has 0 radical (unpaired) electrons. The van der Waals surface area contributed by atoms with Crippen LogP contribution < -0.4 is 22.0 Å². The first-order valence-corrected chi connectivity index (χ1v) is 11.9. The monoisotopic (exact) mass is 471 g/mol. The van der Waals surface area contributed by atoms with Crippen molar-refractivity contribution in [1.82, 2.24) is 4.57 Å². The van der Waals surface area contributed by atoms with Gasteiger partial charge in [-0.3, -0.25) is 23.7 Å². The topological polar surface area (TPSA) is 114 Å². The Morgan fingerprint density at radius 1 is 0.743 bits per heavy atom. The summed E-state index contributed by atoms with van der Waals surface area (Å²) in [6, 6.07) is 8.89. The van der Waals surface area contributed by atoms with Gasteiger partial charge in [-0.15, -0.1) is 0 Å². The maximum atomic E-state index is 13.2. The highest BCUT2D eigenvalue weighted by molar-refractivity contribution is 6.16. The Morgan fingerprint density at radius 2 is 1.23 bits per heavy atom. The predicted octanol–water partition coefficient (Wildman–Crippen LogP) is 4.04. The Bertz CT molecular complexity index is 1730. The van der Waals surface area contributed by atoms with E-state index in [2.05, 4.69) is 6.92 Å². The maximum Gasteiger partial charge on any atom is 0.261 e. The van der Waals surface area contributed by atoms with Gasteiger partial charge in [-0.05, 0) is 24.5 Å². The maximum absolute atomic E-state index is 13.2. The number of phenols is 2. The van der Waals surface area contributed by atoms with Crippen molar-refractivity contribution in [2.24, 2.45) is 5.92 Å². The van der Waals surface area contributed by atoms with E-state index < -0.39 is 33.5 Å². The molecule has 1 unspecified atom stereocenters. The average Bonchev–Trinajstić information content (AvgIpc) is 3.10. The lowest BCUT2D eigenvalue weighted by Gasteiger charge is -2.13. The van der Waals surface area contributed by atoms with Crippen LogP contribution in [0.3, 0.4) is 0 Å². The molecular weight excluding hydrogens is 446 g/mol. The molecule has 0 aliphatic heterocycles. The van der Waals surface area contributed by atoms with E-state index in [1.807, 2.05) is 6.92 Å². The molecule has 4 aromatic carbocycles. The Balaban J connectivity index is 1.86. The number of phenolic OH excluding ortho intramolecular Hbond substituents is 2. The lowest BCUT2D eigenvalue weighted by atomic mass is 9.95. The van der Waals surface area contributed by atoms with E-state index in [-0.39, 0.29) is 49.0 Å². The molecule has 1 aromatic heterocycles. The summed E-state index contributed by atoms with van der Waals surface area (Å²) < 4.78 is 1.22. The third-order valence-electron chi connectivity index (χ3n) is 7.20. The number of aromatic hydroxyl groups is 2. The van der Waals surface area contributed by atoms with Gasteiger partial charge in [0.15, 0.2) is 10.9 Å². The molecule has 2 N–H and O–H groups in total.